The fourth-order valence-electron chi connectivity index (χ4n) is 2.12. The highest BCUT2D eigenvalue weighted by Crippen LogP contribution is 2.23. The molecule has 0 spiro atoms. The minimum absolute atomic E-state index is 0.164. The molecule has 0 aliphatic heterocycles. The lowest BCUT2D eigenvalue weighted by molar-refractivity contribution is -0.137. The zero-order valence-corrected chi connectivity index (χ0v) is 9.53. The first-order valence-electron chi connectivity index (χ1n) is 5.36. The van der Waals surface area contributed by atoms with Crippen molar-refractivity contribution < 1.29 is 9.90 Å². The number of aliphatic carboxylic acids is 1. The van der Waals surface area contributed by atoms with Gasteiger partial charge in [-0.3, -0.25) is 4.79 Å². The van der Waals surface area contributed by atoms with Crippen molar-refractivity contribution >= 4 is 16.9 Å². The van der Waals surface area contributed by atoms with E-state index < -0.39 is 5.97 Å². The first-order valence-corrected chi connectivity index (χ1v) is 5.36. The Bertz CT molecular complexity index is 540. The molecule has 2 aromatic rings. The van der Waals surface area contributed by atoms with Gasteiger partial charge in [-0.25, -0.2) is 0 Å². The van der Waals surface area contributed by atoms with Gasteiger partial charge in [-0.2, -0.15) is 0 Å². The molecule has 0 amide bonds. The van der Waals surface area contributed by atoms with Crippen LogP contribution in [-0.2, 0) is 11.3 Å². The topological polar surface area (TPSA) is 42.2 Å². The number of rotatable bonds is 3. The van der Waals surface area contributed by atoms with Crippen molar-refractivity contribution in [3.8, 4) is 0 Å². The Labute approximate surface area is 94.3 Å². The fourth-order valence-corrected chi connectivity index (χ4v) is 2.12. The van der Waals surface area contributed by atoms with E-state index in [2.05, 4.69) is 26.0 Å². The van der Waals surface area contributed by atoms with Crippen LogP contribution in [0.25, 0.3) is 10.9 Å². The lowest BCUT2D eigenvalue weighted by atomic mass is 10.1. The molecule has 1 heterocycles. The Morgan fingerprint density at radius 1 is 1.31 bits per heavy atom. The molecule has 16 heavy (non-hydrogen) atoms. The lowest BCUT2D eigenvalue weighted by Crippen LogP contribution is -2.03. The summed E-state index contributed by atoms with van der Waals surface area (Å²) in [7, 11) is 0. The maximum Gasteiger partial charge on any atom is 0.305 e. The van der Waals surface area contributed by atoms with Crippen molar-refractivity contribution in [2.45, 2.75) is 26.8 Å². The standard InChI is InChI=1S/C13H15NO2/c1-9-4-3-5-11-10(2)8-14(13(9)11)7-6-12(15)16/h3-5,8H,6-7H2,1-2H3,(H,15,16). The van der Waals surface area contributed by atoms with Crippen molar-refractivity contribution in [3.63, 3.8) is 0 Å². The maximum absolute atomic E-state index is 10.6. The van der Waals surface area contributed by atoms with Crippen LogP contribution in [0.5, 0.6) is 0 Å². The van der Waals surface area contributed by atoms with Gasteiger partial charge >= 0.3 is 5.97 Å². The maximum atomic E-state index is 10.6. The second-order valence-electron chi connectivity index (χ2n) is 4.12. The Morgan fingerprint density at radius 2 is 2.06 bits per heavy atom. The van der Waals surface area contributed by atoms with Gasteiger partial charge in [0, 0.05) is 18.1 Å². The van der Waals surface area contributed by atoms with Crippen LogP contribution in [0.2, 0.25) is 0 Å². The summed E-state index contributed by atoms with van der Waals surface area (Å²) in [6.45, 7) is 4.64. The summed E-state index contributed by atoms with van der Waals surface area (Å²) in [5.74, 6) is -0.756. The summed E-state index contributed by atoms with van der Waals surface area (Å²) >= 11 is 0. The van der Waals surface area contributed by atoms with Crippen molar-refractivity contribution in [2.24, 2.45) is 0 Å². The number of carbonyl (C=O) groups is 1. The molecule has 0 aliphatic rings. The number of hydrogen-bond donors (Lipinski definition) is 1. The second-order valence-corrected chi connectivity index (χ2v) is 4.12. The van der Waals surface area contributed by atoms with Crippen LogP contribution in [0.1, 0.15) is 17.5 Å². The van der Waals surface area contributed by atoms with Gasteiger partial charge in [0.1, 0.15) is 0 Å². The summed E-state index contributed by atoms with van der Waals surface area (Å²) in [6, 6.07) is 6.17. The molecule has 1 aromatic heterocycles. The zero-order chi connectivity index (χ0) is 11.7. The van der Waals surface area contributed by atoms with Crippen molar-refractivity contribution in [3.05, 3.63) is 35.5 Å². The molecule has 0 saturated heterocycles. The number of carboxylic acids is 1. The fraction of sp³-hybridized carbons (Fsp3) is 0.308. The Hall–Kier alpha value is -1.77. The third-order valence-electron chi connectivity index (χ3n) is 2.87. The van der Waals surface area contributed by atoms with Crippen LogP contribution in [-0.4, -0.2) is 15.6 Å². The van der Waals surface area contributed by atoms with Gasteiger partial charge in [0.25, 0.3) is 0 Å². The van der Waals surface area contributed by atoms with Crippen LogP contribution >= 0.6 is 0 Å². The molecule has 3 nitrogen and oxygen atoms in total. The Morgan fingerprint density at radius 3 is 2.75 bits per heavy atom. The molecule has 84 valence electrons. The molecular formula is C13H15NO2. The van der Waals surface area contributed by atoms with E-state index in [9.17, 15) is 4.79 Å². The Kier molecular flexibility index (Phi) is 2.69. The van der Waals surface area contributed by atoms with Crippen LogP contribution in [0.4, 0.5) is 0 Å². The third kappa shape index (κ3) is 1.81. The van der Waals surface area contributed by atoms with E-state index >= 15 is 0 Å². The molecule has 1 N–H and O–H groups in total. The monoisotopic (exact) mass is 217 g/mol. The van der Waals surface area contributed by atoms with E-state index in [-0.39, 0.29) is 6.42 Å². The predicted molar refractivity (Wildman–Crippen MR) is 63.7 cm³/mol. The molecule has 0 radical (unpaired) electrons. The van der Waals surface area contributed by atoms with E-state index in [1.165, 1.54) is 16.5 Å². The summed E-state index contributed by atoms with van der Waals surface area (Å²) in [5.41, 5.74) is 3.54. The van der Waals surface area contributed by atoms with Crippen molar-refractivity contribution in [1.29, 1.82) is 0 Å². The normalized spacial score (nSPS) is 10.9. The van der Waals surface area contributed by atoms with Gasteiger partial charge < -0.3 is 9.67 Å². The second kappa shape index (κ2) is 4.00. The molecule has 1 aromatic carbocycles. The molecule has 2 rings (SSSR count). The molecule has 0 atom stereocenters. The van der Waals surface area contributed by atoms with Crippen LogP contribution in [0.3, 0.4) is 0 Å². The smallest absolute Gasteiger partial charge is 0.305 e. The average Bonchev–Trinajstić information content (AvgIpc) is 2.55. The van der Waals surface area contributed by atoms with E-state index in [4.69, 9.17) is 5.11 Å². The highest BCUT2D eigenvalue weighted by atomic mass is 16.4. The number of fused-ring (bicyclic) bond motifs is 1. The minimum atomic E-state index is -0.756. The van der Waals surface area contributed by atoms with Gasteiger partial charge in [-0.15, -0.1) is 0 Å². The van der Waals surface area contributed by atoms with Crippen LogP contribution < -0.4 is 0 Å². The minimum Gasteiger partial charge on any atom is -0.481 e. The van der Waals surface area contributed by atoms with Gasteiger partial charge in [-0.1, -0.05) is 18.2 Å². The average molecular weight is 217 g/mol. The van der Waals surface area contributed by atoms with Gasteiger partial charge in [0.05, 0.1) is 11.9 Å². The third-order valence-corrected chi connectivity index (χ3v) is 2.87. The van der Waals surface area contributed by atoms with E-state index in [0.717, 1.165) is 5.52 Å². The molecule has 0 unspecified atom stereocenters. The van der Waals surface area contributed by atoms with Crippen molar-refractivity contribution in [2.75, 3.05) is 0 Å². The van der Waals surface area contributed by atoms with Crippen molar-refractivity contribution in [1.82, 2.24) is 4.57 Å². The van der Waals surface area contributed by atoms with E-state index in [0.29, 0.717) is 6.54 Å². The highest BCUT2D eigenvalue weighted by Gasteiger charge is 2.08. The molecule has 0 aliphatic carbocycles. The molecule has 0 bridgehead atoms. The van der Waals surface area contributed by atoms with E-state index in [1.54, 1.807) is 0 Å². The number of nitrogens with zero attached hydrogens (tertiary/aromatic N) is 1. The zero-order valence-electron chi connectivity index (χ0n) is 9.53. The van der Waals surface area contributed by atoms with Gasteiger partial charge in [0.2, 0.25) is 0 Å². The molecular weight excluding hydrogens is 202 g/mol. The number of aryl methyl sites for hydroxylation is 3. The molecule has 3 heteroatoms. The lowest BCUT2D eigenvalue weighted by Gasteiger charge is -2.05. The number of carboxylic acid groups (broad SMARTS) is 1. The van der Waals surface area contributed by atoms with Gasteiger partial charge in [0.15, 0.2) is 0 Å². The quantitative estimate of drug-likeness (QED) is 0.858. The Balaban J connectivity index is 2.49. The molecule has 0 saturated carbocycles. The highest BCUT2D eigenvalue weighted by molar-refractivity contribution is 5.86. The number of benzene rings is 1. The number of aromatic nitrogens is 1. The summed E-state index contributed by atoms with van der Waals surface area (Å²) < 4.78 is 2.04. The summed E-state index contributed by atoms with van der Waals surface area (Å²) in [6.07, 6.45) is 2.19. The molecule has 0 fully saturated rings. The predicted octanol–water partition coefficient (Wildman–Crippen LogP) is 2.73. The van der Waals surface area contributed by atoms with Crippen LogP contribution in [0.15, 0.2) is 24.4 Å². The van der Waals surface area contributed by atoms with Crippen LogP contribution in [0, 0.1) is 13.8 Å². The first-order chi connectivity index (χ1) is 7.59. The van der Waals surface area contributed by atoms with E-state index in [1.807, 2.05) is 16.8 Å². The summed E-state index contributed by atoms with van der Waals surface area (Å²) in [4.78, 5) is 10.6. The summed E-state index contributed by atoms with van der Waals surface area (Å²) in [5, 5.41) is 9.92. The first kappa shape index (κ1) is 10.7. The number of hydrogen-bond acceptors (Lipinski definition) is 1. The number of para-hydroxylation sites is 1. The SMILES string of the molecule is Cc1cn(CCC(=O)O)c2c(C)cccc12. The largest absolute Gasteiger partial charge is 0.481 e. The van der Waals surface area contributed by atoms with Gasteiger partial charge in [-0.05, 0) is 25.0 Å².